The number of nitrogens with zero attached hydrogens (tertiary/aromatic N) is 1. The Hall–Kier alpha value is -1.82. The number of nitrogens with one attached hydrogen (secondary N) is 2. The van der Waals surface area contributed by atoms with Gasteiger partial charge in [0.25, 0.3) is 10.2 Å². The summed E-state index contributed by atoms with van der Waals surface area (Å²) in [6.45, 7) is 0. The minimum absolute atomic E-state index is 0.128. The van der Waals surface area contributed by atoms with Crippen LogP contribution in [0.15, 0.2) is 47.2 Å². The lowest BCUT2D eigenvalue weighted by molar-refractivity contribution is -0.120. The number of hydrogen-bond acceptors (Lipinski definition) is 5. The number of halogens is 2. The molecule has 0 saturated carbocycles. The molecule has 0 unspecified atom stereocenters. The number of anilines is 1. The molecule has 0 aliphatic carbocycles. The van der Waals surface area contributed by atoms with Crippen LogP contribution in [0.1, 0.15) is 17.3 Å². The first-order chi connectivity index (χ1) is 14.2. The van der Waals surface area contributed by atoms with E-state index in [-0.39, 0.29) is 11.4 Å². The van der Waals surface area contributed by atoms with Crippen LogP contribution in [-0.4, -0.2) is 31.7 Å². The van der Waals surface area contributed by atoms with Gasteiger partial charge in [-0.3, -0.25) is 4.79 Å². The van der Waals surface area contributed by atoms with Crippen LogP contribution in [-0.2, 0) is 15.0 Å². The molecule has 3 aromatic rings. The summed E-state index contributed by atoms with van der Waals surface area (Å²) in [4.78, 5) is 14.8. The third-order valence-corrected chi connectivity index (χ3v) is 8.68. The van der Waals surface area contributed by atoms with Crippen molar-refractivity contribution in [3.8, 4) is 10.4 Å². The molecule has 30 heavy (non-hydrogen) atoms. The van der Waals surface area contributed by atoms with Crippen molar-refractivity contribution in [2.24, 2.45) is 0 Å². The zero-order chi connectivity index (χ0) is 21.5. The molecule has 158 valence electrons. The molecule has 3 heterocycles. The molecular weight excluding hydrogens is 469 g/mol. The normalized spacial score (nSPS) is 21.4. The second-order valence-corrected chi connectivity index (χ2v) is 10.8. The van der Waals surface area contributed by atoms with Crippen LogP contribution < -0.4 is 10.0 Å². The smallest absolute Gasteiger partial charge is 0.280 e. The maximum absolute atomic E-state index is 13.4. The zero-order valence-corrected chi connectivity index (χ0v) is 18.8. The summed E-state index contributed by atoms with van der Waals surface area (Å²) >= 11 is 8.82. The molecule has 1 aliphatic rings. The van der Waals surface area contributed by atoms with E-state index in [4.69, 9.17) is 11.6 Å². The van der Waals surface area contributed by atoms with Crippen molar-refractivity contribution < 1.29 is 17.6 Å². The van der Waals surface area contributed by atoms with E-state index in [1.165, 1.54) is 30.5 Å². The summed E-state index contributed by atoms with van der Waals surface area (Å²) in [6, 6.07) is 8.24. The minimum Gasteiger partial charge on any atom is -0.325 e. The molecule has 1 fully saturated rings. The van der Waals surface area contributed by atoms with Crippen LogP contribution in [0.25, 0.3) is 10.4 Å². The number of thiophene rings is 2. The van der Waals surface area contributed by atoms with Gasteiger partial charge in [-0.25, -0.2) is 4.39 Å². The van der Waals surface area contributed by atoms with E-state index in [1.807, 2.05) is 29.0 Å². The fourth-order valence-corrected chi connectivity index (χ4v) is 6.49. The van der Waals surface area contributed by atoms with Gasteiger partial charge in [0.1, 0.15) is 11.9 Å². The van der Waals surface area contributed by atoms with E-state index < -0.39 is 34.0 Å². The highest BCUT2D eigenvalue weighted by atomic mass is 35.5. The molecule has 1 aromatic carbocycles. The highest BCUT2D eigenvalue weighted by molar-refractivity contribution is 7.87. The molecule has 11 heteroatoms. The Bertz CT molecular complexity index is 1180. The highest BCUT2D eigenvalue weighted by Crippen LogP contribution is 2.36. The van der Waals surface area contributed by atoms with Crippen LogP contribution in [0.5, 0.6) is 0 Å². The Labute approximate surface area is 186 Å². The second-order valence-electron chi connectivity index (χ2n) is 6.78. The Kier molecular flexibility index (Phi) is 5.97. The average Bonchev–Trinajstić information content (AvgIpc) is 3.38. The molecular formula is C19H17ClFN3O3S3. The van der Waals surface area contributed by atoms with E-state index in [0.717, 1.165) is 25.7 Å². The Morgan fingerprint density at radius 1 is 1.30 bits per heavy atom. The maximum Gasteiger partial charge on any atom is 0.280 e. The van der Waals surface area contributed by atoms with Gasteiger partial charge in [-0.05, 0) is 47.5 Å². The number of amides is 1. The molecule has 2 N–H and O–H groups in total. The largest absolute Gasteiger partial charge is 0.325 e. The van der Waals surface area contributed by atoms with E-state index >= 15 is 0 Å². The van der Waals surface area contributed by atoms with Gasteiger partial charge in [-0.15, -0.1) is 22.7 Å². The number of likely N-dealkylation sites (N-methyl/N-ethyl adjacent to an activating group) is 1. The third-order valence-electron chi connectivity index (χ3n) is 4.83. The quantitative estimate of drug-likeness (QED) is 0.571. The van der Waals surface area contributed by atoms with Crippen molar-refractivity contribution in [3.05, 3.63) is 62.9 Å². The van der Waals surface area contributed by atoms with E-state index in [9.17, 15) is 17.6 Å². The fourth-order valence-electron chi connectivity index (χ4n) is 3.20. The highest BCUT2D eigenvalue weighted by Gasteiger charge is 2.41. The van der Waals surface area contributed by atoms with Gasteiger partial charge in [-0.1, -0.05) is 17.7 Å². The van der Waals surface area contributed by atoms with Gasteiger partial charge in [0, 0.05) is 28.1 Å². The van der Waals surface area contributed by atoms with Crippen molar-refractivity contribution in [1.82, 2.24) is 9.03 Å². The number of hydrogen-bond donors (Lipinski definition) is 2. The van der Waals surface area contributed by atoms with Gasteiger partial charge in [0.15, 0.2) is 0 Å². The topological polar surface area (TPSA) is 78.5 Å². The van der Waals surface area contributed by atoms with Gasteiger partial charge >= 0.3 is 0 Å². The molecule has 1 saturated heterocycles. The molecule has 0 spiro atoms. The van der Waals surface area contributed by atoms with Crippen molar-refractivity contribution in [2.75, 3.05) is 12.4 Å². The second kappa shape index (κ2) is 8.37. The summed E-state index contributed by atoms with van der Waals surface area (Å²) in [5.41, 5.74) is 1.31. The van der Waals surface area contributed by atoms with Crippen LogP contribution >= 0.6 is 34.3 Å². The lowest BCUT2D eigenvalue weighted by Gasteiger charge is -2.35. The third kappa shape index (κ3) is 4.29. The van der Waals surface area contributed by atoms with Crippen molar-refractivity contribution in [2.45, 2.75) is 18.5 Å². The van der Waals surface area contributed by atoms with Gasteiger partial charge < -0.3 is 5.32 Å². The Balaban J connectivity index is 1.57. The lowest BCUT2D eigenvalue weighted by Crippen LogP contribution is -2.55. The summed E-state index contributed by atoms with van der Waals surface area (Å²) in [5.74, 6) is -1.11. The van der Waals surface area contributed by atoms with E-state index in [2.05, 4.69) is 10.0 Å². The van der Waals surface area contributed by atoms with Gasteiger partial charge in [0.05, 0.1) is 11.1 Å². The van der Waals surface area contributed by atoms with Crippen LogP contribution in [0, 0.1) is 5.82 Å². The summed E-state index contributed by atoms with van der Waals surface area (Å²) < 4.78 is 42.3. The lowest BCUT2D eigenvalue weighted by atomic mass is 10.0. The fraction of sp³-hybridized carbons (Fsp3) is 0.211. The first-order valence-electron chi connectivity index (χ1n) is 8.88. The van der Waals surface area contributed by atoms with E-state index in [1.54, 1.807) is 11.3 Å². The summed E-state index contributed by atoms with van der Waals surface area (Å²) in [6.07, 6.45) is 0.251. The van der Waals surface area contributed by atoms with Crippen molar-refractivity contribution in [3.63, 3.8) is 0 Å². The molecule has 2 atom stereocenters. The number of benzene rings is 1. The molecule has 0 bridgehead atoms. The van der Waals surface area contributed by atoms with Crippen LogP contribution in [0.2, 0.25) is 5.02 Å². The number of carbonyl (C=O) groups excluding carboxylic acids is 1. The van der Waals surface area contributed by atoms with Crippen molar-refractivity contribution >= 4 is 56.1 Å². The zero-order valence-electron chi connectivity index (χ0n) is 15.6. The summed E-state index contributed by atoms with van der Waals surface area (Å²) in [5, 5.41) is 6.46. The average molecular weight is 486 g/mol. The first-order valence-corrected chi connectivity index (χ1v) is 12.5. The van der Waals surface area contributed by atoms with Crippen molar-refractivity contribution in [1.29, 1.82) is 0 Å². The van der Waals surface area contributed by atoms with Crippen LogP contribution in [0.4, 0.5) is 10.1 Å². The molecule has 1 amide bonds. The molecule has 4 rings (SSSR count). The van der Waals surface area contributed by atoms with Gasteiger partial charge in [0.2, 0.25) is 5.91 Å². The Morgan fingerprint density at radius 2 is 2.10 bits per heavy atom. The molecule has 1 aliphatic heterocycles. The SMILES string of the molecule is CN1[C@@H](C(=O)Nc2ccc(F)c(Cl)c2)C[C@@H](c2cc(-c3cccs3)cs2)NS1(=O)=O. The minimum atomic E-state index is -3.86. The standard InChI is InChI=1S/C19H17ClFN3O3S3/c1-24-16(19(25)22-12-4-5-14(21)13(20)8-12)9-15(23-30(24,26)27)18-7-11(10-29-18)17-3-2-6-28-17/h2-8,10,15-16,23H,9H2,1H3,(H,22,25)/t15-,16+/m0/s1. The van der Waals surface area contributed by atoms with Crippen LogP contribution in [0.3, 0.4) is 0 Å². The molecule has 6 nitrogen and oxygen atoms in total. The number of rotatable bonds is 4. The van der Waals surface area contributed by atoms with Gasteiger partial charge in [-0.2, -0.15) is 17.4 Å². The monoisotopic (exact) mass is 485 g/mol. The van der Waals surface area contributed by atoms with E-state index in [0.29, 0.717) is 5.69 Å². The Morgan fingerprint density at radius 3 is 2.80 bits per heavy atom. The predicted molar refractivity (Wildman–Crippen MR) is 119 cm³/mol. The molecule has 0 radical (unpaired) electrons. The first kappa shape index (κ1) is 21.4. The maximum atomic E-state index is 13.4. The number of carbonyl (C=O) groups is 1. The molecule has 2 aromatic heterocycles. The summed E-state index contributed by atoms with van der Waals surface area (Å²) in [7, 11) is -2.51. The predicted octanol–water partition coefficient (Wildman–Crippen LogP) is 4.49.